The molecule has 1 aliphatic rings. The van der Waals surface area contributed by atoms with Gasteiger partial charge in [0.2, 0.25) is 5.91 Å². The molecule has 0 bridgehead atoms. The molecular weight excluding hydrogens is 256 g/mol. The zero-order valence-electron chi connectivity index (χ0n) is 8.48. The molecule has 0 saturated carbocycles. The number of β-lactam (4-membered cyclic amide) rings is 1. The van der Waals surface area contributed by atoms with Crippen LogP contribution in [-0.4, -0.2) is 23.4 Å². The van der Waals surface area contributed by atoms with Gasteiger partial charge in [-0.05, 0) is 24.6 Å². The fourth-order valence-corrected chi connectivity index (χ4v) is 2.19. The summed E-state index contributed by atoms with van der Waals surface area (Å²) < 4.78 is 1.03. The molecule has 1 fully saturated rings. The maximum Gasteiger partial charge on any atom is 0.241 e. The average Bonchev–Trinajstić information content (AvgIpc) is 2.24. The summed E-state index contributed by atoms with van der Waals surface area (Å²) in [6, 6.07) is 7.81. The summed E-state index contributed by atoms with van der Waals surface area (Å²) in [5.41, 5.74) is 6.69. The van der Waals surface area contributed by atoms with Gasteiger partial charge in [0, 0.05) is 11.0 Å². The van der Waals surface area contributed by atoms with E-state index in [9.17, 15) is 4.79 Å². The van der Waals surface area contributed by atoms with Gasteiger partial charge >= 0.3 is 0 Å². The number of carbonyl (C=O) groups is 1. The topological polar surface area (TPSA) is 46.3 Å². The van der Waals surface area contributed by atoms with Crippen LogP contribution >= 0.6 is 15.9 Å². The van der Waals surface area contributed by atoms with Crippen molar-refractivity contribution in [3.8, 4) is 0 Å². The second kappa shape index (κ2) is 3.94. The third kappa shape index (κ3) is 1.92. The van der Waals surface area contributed by atoms with Gasteiger partial charge in [0.15, 0.2) is 0 Å². The van der Waals surface area contributed by atoms with E-state index in [0.29, 0.717) is 6.54 Å². The maximum absolute atomic E-state index is 11.5. The van der Waals surface area contributed by atoms with E-state index in [2.05, 4.69) is 15.9 Å². The molecule has 80 valence electrons. The first-order valence-corrected chi connectivity index (χ1v) is 5.70. The van der Waals surface area contributed by atoms with E-state index in [4.69, 9.17) is 5.73 Å². The first-order chi connectivity index (χ1) is 7.09. The molecule has 0 aromatic heterocycles. The highest BCUT2D eigenvalue weighted by molar-refractivity contribution is 9.10. The third-order valence-electron chi connectivity index (χ3n) is 2.79. The number of benzene rings is 1. The van der Waals surface area contributed by atoms with Crippen LogP contribution < -0.4 is 5.73 Å². The highest BCUT2D eigenvalue weighted by Gasteiger charge is 2.36. The Kier molecular flexibility index (Phi) is 2.80. The summed E-state index contributed by atoms with van der Waals surface area (Å²) in [6.45, 7) is 2.68. The van der Waals surface area contributed by atoms with Crippen LogP contribution in [0.25, 0.3) is 0 Å². The van der Waals surface area contributed by atoms with E-state index in [1.165, 1.54) is 0 Å². The highest BCUT2D eigenvalue weighted by atomic mass is 79.9. The summed E-state index contributed by atoms with van der Waals surface area (Å²) in [4.78, 5) is 13.2. The molecule has 1 aliphatic heterocycles. The molecule has 1 amide bonds. The lowest BCUT2D eigenvalue weighted by Gasteiger charge is -2.40. The number of hydrogen-bond donors (Lipinski definition) is 1. The number of nitrogens with two attached hydrogens (primary N) is 1. The highest BCUT2D eigenvalue weighted by Crippen LogP contribution is 2.27. The van der Waals surface area contributed by atoms with E-state index in [0.717, 1.165) is 10.0 Å². The zero-order chi connectivity index (χ0) is 11.0. The quantitative estimate of drug-likeness (QED) is 0.830. The van der Waals surface area contributed by atoms with Crippen LogP contribution in [0.3, 0.4) is 0 Å². The van der Waals surface area contributed by atoms with Crippen molar-refractivity contribution in [3.63, 3.8) is 0 Å². The number of amides is 1. The van der Waals surface area contributed by atoms with Crippen LogP contribution in [0.15, 0.2) is 28.7 Å². The predicted octanol–water partition coefficient (Wildman–Crippen LogP) is 1.68. The van der Waals surface area contributed by atoms with Crippen molar-refractivity contribution in [1.82, 2.24) is 4.90 Å². The Morgan fingerprint density at radius 2 is 2.33 bits per heavy atom. The van der Waals surface area contributed by atoms with Crippen LogP contribution in [0, 0.1) is 0 Å². The van der Waals surface area contributed by atoms with Crippen molar-refractivity contribution in [2.45, 2.75) is 19.0 Å². The first-order valence-electron chi connectivity index (χ1n) is 4.91. The van der Waals surface area contributed by atoms with Gasteiger partial charge < -0.3 is 10.6 Å². The molecule has 1 saturated heterocycles. The van der Waals surface area contributed by atoms with Crippen molar-refractivity contribution in [2.24, 2.45) is 5.73 Å². The number of halogens is 1. The molecule has 2 unspecified atom stereocenters. The Morgan fingerprint density at radius 3 is 2.87 bits per heavy atom. The van der Waals surface area contributed by atoms with Gasteiger partial charge in [-0.1, -0.05) is 28.1 Å². The summed E-state index contributed by atoms with van der Waals surface area (Å²) in [6.07, 6.45) is 0. The minimum Gasteiger partial charge on any atom is -0.332 e. The van der Waals surface area contributed by atoms with Crippen LogP contribution in [0.2, 0.25) is 0 Å². The number of carbonyl (C=O) groups excluding carboxylic acids is 1. The van der Waals surface area contributed by atoms with E-state index in [1.807, 2.05) is 31.2 Å². The molecule has 1 aromatic rings. The Morgan fingerprint density at radius 1 is 1.60 bits per heavy atom. The largest absolute Gasteiger partial charge is 0.332 e. The van der Waals surface area contributed by atoms with Crippen molar-refractivity contribution < 1.29 is 4.79 Å². The minimum absolute atomic E-state index is 0.0440. The van der Waals surface area contributed by atoms with E-state index < -0.39 is 0 Å². The van der Waals surface area contributed by atoms with Gasteiger partial charge in [-0.2, -0.15) is 0 Å². The second-order valence-corrected chi connectivity index (χ2v) is 4.74. The minimum atomic E-state index is -0.292. The first kappa shape index (κ1) is 10.6. The molecule has 1 aromatic carbocycles. The predicted molar refractivity (Wildman–Crippen MR) is 62.2 cm³/mol. The van der Waals surface area contributed by atoms with Crippen molar-refractivity contribution in [1.29, 1.82) is 0 Å². The lowest BCUT2D eigenvalue weighted by molar-refractivity contribution is -0.145. The molecule has 0 radical (unpaired) electrons. The van der Waals surface area contributed by atoms with Gasteiger partial charge in [-0.25, -0.2) is 0 Å². The smallest absolute Gasteiger partial charge is 0.241 e. The summed E-state index contributed by atoms with van der Waals surface area (Å²) in [5, 5.41) is 0. The van der Waals surface area contributed by atoms with E-state index in [1.54, 1.807) is 4.90 Å². The van der Waals surface area contributed by atoms with Crippen LogP contribution in [0.4, 0.5) is 0 Å². The number of rotatable bonds is 2. The van der Waals surface area contributed by atoms with Gasteiger partial charge in [0.25, 0.3) is 0 Å². The second-order valence-electron chi connectivity index (χ2n) is 3.83. The number of likely N-dealkylation sites (tertiary alicyclic amines) is 1. The lowest BCUT2D eigenvalue weighted by Crippen LogP contribution is -2.61. The van der Waals surface area contributed by atoms with Crippen molar-refractivity contribution >= 4 is 21.8 Å². The molecular formula is C11H13BrN2O. The molecule has 2 N–H and O–H groups in total. The molecule has 2 rings (SSSR count). The van der Waals surface area contributed by atoms with Crippen LogP contribution in [0.1, 0.15) is 18.5 Å². The molecule has 15 heavy (non-hydrogen) atoms. The number of nitrogens with zero attached hydrogens (tertiary/aromatic N) is 1. The molecule has 0 aliphatic carbocycles. The molecule has 0 spiro atoms. The average molecular weight is 269 g/mol. The summed E-state index contributed by atoms with van der Waals surface area (Å²) in [7, 11) is 0. The maximum atomic E-state index is 11.5. The van der Waals surface area contributed by atoms with E-state index in [-0.39, 0.29) is 18.0 Å². The Bertz CT molecular complexity index is 394. The lowest BCUT2D eigenvalue weighted by atomic mass is 10.0. The fourth-order valence-electron chi connectivity index (χ4n) is 1.78. The van der Waals surface area contributed by atoms with Gasteiger partial charge in [-0.3, -0.25) is 4.79 Å². The normalized spacial score (nSPS) is 22.5. The standard InChI is InChI=1S/C11H13BrN2O/c1-7(14-6-10(13)11(14)15)8-3-2-4-9(12)5-8/h2-5,7,10H,6,13H2,1H3. The summed E-state index contributed by atoms with van der Waals surface area (Å²) in [5.74, 6) is 0.0440. The summed E-state index contributed by atoms with van der Waals surface area (Å²) >= 11 is 3.42. The SMILES string of the molecule is CC(c1cccc(Br)c1)N1CC(N)C1=O. The Labute approximate surface area is 97.4 Å². The molecule has 1 heterocycles. The zero-order valence-corrected chi connectivity index (χ0v) is 10.1. The Hall–Kier alpha value is -0.870. The number of hydrogen-bond acceptors (Lipinski definition) is 2. The van der Waals surface area contributed by atoms with Gasteiger partial charge in [0.1, 0.15) is 6.04 Å². The van der Waals surface area contributed by atoms with Gasteiger partial charge in [-0.15, -0.1) is 0 Å². The van der Waals surface area contributed by atoms with Crippen LogP contribution in [0.5, 0.6) is 0 Å². The monoisotopic (exact) mass is 268 g/mol. The Balaban J connectivity index is 2.15. The fraction of sp³-hybridized carbons (Fsp3) is 0.364. The molecule has 2 atom stereocenters. The molecule has 3 nitrogen and oxygen atoms in total. The van der Waals surface area contributed by atoms with Crippen LogP contribution in [-0.2, 0) is 4.79 Å². The molecule has 4 heteroatoms. The van der Waals surface area contributed by atoms with E-state index >= 15 is 0 Å². The van der Waals surface area contributed by atoms with Crippen molar-refractivity contribution in [3.05, 3.63) is 34.3 Å². The van der Waals surface area contributed by atoms with Gasteiger partial charge in [0.05, 0.1) is 6.04 Å². The third-order valence-corrected chi connectivity index (χ3v) is 3.29. The van der Waals surface area contributed by atoms with Crippen molar-refractivity contribution in [2.75, 3.05) is 6.54 Å².